The Kier molecular flexibility index (Phi) is 3.10. The smallest absolute Gasteiger partial charge is 0.274 e. The zero-order chi connectivity index (χ0) is 12.4. The highest BCUT2D eigenvalue weighted by Crippen LogP contribution is 2.17. The van der Waals surface area contributed by atoms with Gasteiger partial charge < -0.3 is 9.84 Å². The van der Waals surface area contributed by atoms with Gasteiger partial charge in [0, 0.05) is 5.39 Å². The van der Waals surface area contributed by atoms with E-state index in [0.29, 0.717) is 11.1 Å². The summed E-state index contributed by atoms with van der Waals surface area (Å²) < 4.78 is 6.37. The van der Waals surface area contributed by atoms with Crippen molar-refractivity contribution in [3.05, 3.63) is 34.7 Å². The average molecular weight is 234 g/mol. The van der Waals surface area contributed by atoms with Gasteiger partial charge in [0.25, 0.3) is 5.56 Å². The van der Waals surface area contributed by atoms with Crippen LogP contribution in [0.25, 0.3) is 10.8 Å². The van der Waals surface area contributed by atoms with Gasteiger partial charge in [-0.05, 0) is 25.1 Å². The first-order valence-corrected chi connectivity index (χ1v) is 5.34. The van der Waals surface area contributed by atoms with Gasteiger partial charge in [0.05, 0.1) is 31.3 Å². The van der Waals surface area contributed by atoms with E-state index in [4.69, 9.17) is 9.84 Å². The number of aliphatic hydroxyl groups excluding tert-OH is 1. The summed E-state index contributed by atoms with van der Waals surface area (Å²) in [7, 11) is 1.57. The zero-order valence-corrected chi connectivity index (χ0v) is 9.75. The molecular weight excluding hydrogens is 220 g/mol. The van der Waals surface area contributed by atoms with Crippen LogP contribution in [-0.2, 0) is 0 Å². The van der Waals surface area contributed by atoms with Gasteiger partial charge in [-0.2, -0.15) is 5.10 Å². The van der Waals surface area contributed by atoms with E-state index in [1.54, 1.807) is 38.4 Å². The average Bonchev–Trinajstić information content (AvgIpc) is 2.38. The Morgan fingerprint density at radius 3 is 2.94 bits per heavy atom. The molecule has 1 aromatic carbocycles. The molecule has 2 aromatic rings. The minimum absolute atomic E-state index is 0.116. The van der Waals surface area contributed by atoms with E-state index < -0.39 is 0 Å². The number of benzene rings is 1. The second-order valence-electron chi connectivity index (χ2n) is 3.88. The summed E-state index contributed by atoms with van der Waals surface area (Å²) in [6.07, 6.45) is 1.60. The van der Waals surface area contributed by atoms with Crippen LogP contribution in [-0.4, -0.2) is 28.6 Å². The molecule has 90 valence electrons. The number of hydrogen-bond donors (Lipinski definition) is 1. The van der Waals surface area contributed by atoms with Gasteiger partial charge in [-0.3, -0.25) is 4.79 Å². The summed E-state index contributed by atoms with van der Waals surface area (Å²) in [5.41, 5.74) is -0.202. The fourth-order valence-corrected chi connectivity index (χ4v) is 1.66. The first kappa shape index (κ1) is 11.6. The molecule has 17 heavy (non-hydrogen) atoms. The predicted octanol–water partition coefficient (Wildman–Crippen LogP) is 0.958. The van der Waals surface area contributed by atoms with E-state index in [-0.39, 0.29) is 18.2 Å². The molecule has 2 rings (SSSR count). The summed E-state index contributed by atoms with van der Waals surface area (Å²) in [6, 6.07) is 4.88. The molecule has 1 atom stereocenters. The van der Waals surface area contributed by atoms with Crippen molar-refractivity contribution in [1.29, 1.82) is 0 Å². The van der Waals surface area contributed by atoms with Crippen molar-refractivity contribution in [2.45, 2.75) is 13.0 Å². The second kappa shape index (κ2) is 4.55. The lowest BCUT2D eigenvalue weighted by atomic mass is 10.2. The molecule has 0 saturated heterocycles. The van der Waals surface area contributed by atoms with E-state index in [1.165, 1.54) is 4.68 Å². The van der Waals surface area contributed by atoms with Crippen LogP contribution in [0.4, 0.5) is 0 Å². The second-order valence-corrected chi connectivity index (χ2v) is 3.88. The molecule has 1 unspecified atom stereocenters. The molecule has 5 heteroatoms. The number of ether oxygens (including phenoxy) is 1. The molecular formula is C12H14N2O3. The topological polar surface area (TPSA) is 64.3 Å². The SMILES string of the molecule is COc1ccc2c(=O)n(C(C)CO)ncc2c1. The van der Waals surface area contributed by atoms with Crippen LogP contribution in [0.3, 0.4) is 0 Å². The molecule has 5 nitrogen and oxygen atoms in total. The number of hydrogen-bond acceptors (Lipinski definition) is 4. The molecule has 1 N–H and O–H groups in total. The lowest BCUT2D eigenvalue weighted by Gasteiger charge is -2.11. The van der Waals surface area contributed by atoms with Gasteiger partial charge in [0.15, 0.2) is 0 Å². The normalized spacial score (nSPS) is 12.6. The van der Waals surface area contributed by atoms with Crippen molar-refractivity contribution in [2.24, 2.45) is 0 Å². The number of rotatable bonds is 3. The molecule has 0 aliphatic carbocycles. The third-order valence-electron chi connectivity index (χ3n) is 2.70. The number of fused-ring (bicyclic) bond motifs is 1. The molecule has 0 saturated carbocycles. The van der Waals surface area contributed by atoms with Crippen molar-refractivity contribution in [1.82, 2.24) is 9.78 Å². The molecule has 0 bridgehead atoms. The lowest BCUT2D eigenvalue weighted by molar-refractivity contribution is 0.226. The van der Waals surface area contributed by atoms with Gasteiger partial charge in [0.1, 0.15) is 5.75 Å². The Morgan fingerprint density at radius 1 is 1.53 bits per heavy atom. The van der Waals surface area contributed by atoms with Crippen LogP contribution in [0.1, 0.15) is 13.0 Å². The molecule has 0 radical (unpaired) electrons. The summed E-state index contributed by atoms with van der Waals surface area (Å²) in [6.45, 7) is 1.62. The summed E-state index contributed by atoms with van der Waals surface area (Å²) in [5, 5.41) is 14.4. The largest absolute Gasteiger partial charge is 0.497 e. The zero-order valence-electron chi connectivity index (χ0n) is 9.75. The molecule has 1 aromatic heterocycles. The Balaban J connectivity index is 2.65. The molecule has 0 amide bonds. The maximum Gasteiger partial charge on any atom is 0.274 e. The van der Waals surface area contributed by atoms with E-state index >= 15 is 0 Å². The molecule has 0 aliphatic heterocycles. The standard InChI is InChI=1S/C12H14N2O3/c1-8(7-15)14-12(16)11-4-3-10(17-2)5-9(11)6-13-14/h3-6,8,15H,7H2,1-2H3. The van der Waals surface area contributed by atoms with Gasteiger partial charge in [-0.15, -0.1) is 0 Å². The molecule has 0 fully saturated rings. The Morgan fingerprint density at radius 2 is 2.29 bits per heavy atom. The van der Waals surface area contributed by atoms with Crippen molar-refractivity contribution in [3.8, 4) is 5.75 Å². The Hall–Kier alpha value is -1.88. The highest BCUT2D eigenvalue weighted by molar-refractivity contribution is 5.82. The van der Waals surface area contributed by atoms with E-state index in [9.17, 15) is 4.79 Å². The minimum Gasteiger partial charge on any atom is -0.497 e. The highest BCUT2D eigenvalue weighted by atomic mass is 16.5. The molecule has 1 heterocycles. The summed E-state index contributed by atoms with van der Waals surface area (Å²) in [4.78, 5) is 12.1. The van der Waals surface area contributed by atoms with E-state index in [2.05, 4.69) is 5.10 Å². The number of methoxy groups -OCH3 is 1. The third-order valence-corrected chi connectivity index (χ3v) is 2.70. The quantitative estimate of drug-likeness (QED) is 0.859. The number of aliphatic hydroxyl groups is 1. The first-order chi connectivity index (χ1) is 8.17. The Labute approximate surface area is 98.3 Å². The number of aromatic nitrogens is 2. The fourth-order valence-electron chi connectivity index (χ4n) is 1.66. The fraction of sp³-hybridized carbons (Fsp3) is 0.333. The van der Waals surface area contributed by atoms with Gasteiger partial charge in [0.2, 0.25) is 0 Å². The maximum atomic E-state index is 12.1. The van der Waals surface area contributed by atoms with E-state index in [0.717, 1.165) is 5.39 Å². The maximum absolute atomic E-state index is 12.1. The highest BCUT2D eigenvalue weighted by Gasteiger charge is 2.09. The minimum atomic E-state index is -0.325. The third kappa shape index (κ3) is 2.01. The van der Waals surface area contributed by atoms with Crippen molar-refractivity contribution in [3.63, 3.8) is 0 Å². The van der Waals surface area contributed by atoms with Crippen LogP contribution >= 0.6 is 0 Å². The van der Waals surface area contributed by atoms with E-state index in [1.807, 2.05) is 0 Å². The molecule has 0 spiro atoms. The first-order valence-electron chi connectivity index (χ1n) is 5.34. The predicted molar refractivity (Wildman–Crippen MR) is 64.4 cm³/mol. The monoisotopic (exact) mass is 234 g/mol. The van der Waals surface area contributed by atoms with Crippen molar-refractivity contribution in [2.75, 3.05) is 13.7 Å². The summed E-state index contributed by atoms with van der Waals surface area (Å²) in [5.74, 6) is 0.687. The lowest BCUT2D eigenvalue weighted by Crippen LogP contribution is -2.27. The number of nitrogens with zero attached hydrogens (tertiary/aromatic N) is 2. The van der Waals surface area contributed by atoms with Crippen LogP contribution in [0.15, 0.2) is 29.2 Å². The van der Waals surface area contributed by atoms with Crippen molar-refractivity contribution < 1.29 is 9.84 Å². The van der Waals surface area contributed by atoms with Crippen molar-refractivity contribution >= 4 is 10.8 Å². The molecule has 0 aliphatic rings. The summed E-state index contributed by atoms with van der Waals surface area (Å²) >= 11 is 0. The van der Waals surface area contributed by atoms with Gasteiger partial charge in [-0.1, -0.05) is 0 Å². The van der Waals surface area contributed by atoms with Crippen LogP contribution in [0, 0.1) is 0 Å². The van der Waals surface area contributed by atoms with Crippen LogP contribution < -0.4 is 10.3 Å². The Bertz CT molecular complexity index is 592. The van der Waals surface area contributed by atoms with Gasteiger partial charge in [-0.25, -0.2) is 4.68 Å². The van der Waals surface area contributed by atoms with Gasteiger partial charge >= 0.3 is 0 Å². The van der Waals surface area contributed by atoms with Crippen LogP contribution in [0.2, 0.25) is 0 Å². The van der Waals surface area contributed by atoms with Crippen LogP contribution in [0.5, 0.6) is 5.75 Å².